The molecule has 0 spiro atoms. The van der Waals surface area contributed by atoms with Gasteiger partial charge in [0.2, 0.25) is 10.0 Å². The summed E-state index contributed by atoms with van der Waals surface area (Å²) in [5.41, 5.74) is 0. The molecule has 2 N–H and O–H groups in total. The zero-order valence-electron chi connectivity index (χ0n) is 9.07. The van der Waals surface area contributed by atoms with Gasteiger partial charge >= 0.3 is 0 Å². The molecule has 0 fully saturated rings. The minimum absolute atomic E-state index is 0.0809. The number of hydrogen-bond acceptors (Lipinski definition) is 4. The molecule has 1 rings (SSSR count). The molecule has 4 nitrogen and oxygen atoms in total. The monoisotopic (exact) mass is 248 g/mol. The highest BCUT2D eigenvalue weighted by molar-refractivity contribution is 7.89. The van der Waals surface area contributed by atoms with E-state index in [4.69, 9.17) is 0 Å². The van der Waals surface area contributed by atoms with Crippen LogP contribution in [0.25, 0.3) is 0 Å². The fraction of sp³-hybridized carbons (Fsp3) is 0.556. The van der Waals surface area contributed by atoms with Gasteiger partial charge in [0.1, 0.15) is 0 Å². The van der Waals surface area contributed by atoms with E-state index in [1.165, 1.54) is 11.3 Å². The van der Waals surface area contributed by atoms with Crippen molar-refractivity contribution in [1.82, 2.24) is 10.0 Å². The summed E-state index contributed by atoms with van der Waals surface area (Å²) in [7, 11) is -1.49. The third kappa shape index (κ3) is 3.57. The molecule has 1 aromatic rings. The van der Waals surface area contributed by atoms with Crippen LogP contribution in [0.15, 0.2) is 16.3 Å². The summed E-state index contributed by atoms with van der Waals surface area (Å²) in [5, 5.41) is 4.65. The van der Waals surface area contributed by atoms with E-state index in [0.29, 0.717) is 11.4 Å². The van der Waals surface area contributed by atoms with E-state index in [1.54, 1.807) is 25.3 Å². The quantitative estimate of drug-likeness (QED) is 0.822. The van der Waals surface area contributed by atoms with Gasteiger partial charge in [-0.3, -0.25) is 0 Å². The Morgan fingerprint density at radius 3 is 2.67 bits per heavy atom. The molecule has 0 bridgehead atoms. The van der Waals surface area contributed by atoms with Crippen molar-refractivity contribution in [3.05, 3.63) is 16.3 Å². The smallest absolute Gasteiger partial charge is 0.241 e. The van der Waals surface area contributed by atoms with Gasteiger partial charge in [-0.15, -0.1) is 11.3 Å². The van der Waals surface area contributed by atoms with Crippen molar-refractivity contribution in [3.8, 4) is 0 Å². The normalized spacial score (nSPS) is 12.3. The molecule has 0 aliphatic carbocycles. The van der Waals surface area contributed by atoms with E-state index in [1.807, 2.05) is 7.05 Å². The van der Waals surface area contributed by atoms with Gasteiger partial charge in [0.25, 0.3) is 0 Å². The maximum absolute atomic E-state index is 11.7. The van der Waals surface area contributed by atoms with E-state index >= 15 is 0 Å². The van der Waals surface area contributed by atoms with Crippen LogP contribution in [0.4, 0.5) is 0 Å². The average molecular weight is 248 g/mol. The summed E-state index contributed by atoms with van der Waals surface area (Å²) in [4.78, 5) is 1.37. The predicted molar refractivity (Wildman–Crippen MR) is 62.5 cm³/mol. The minimum Gasteiger partial charge on any atom is -0.315 e. The Labute approximate surface area is 94.8 Å². The fourth-order valence-corrected chi connectivity index (χ4v) is 3.68. The second-order valence-corrected chi connectivity index (χ2v) is 6.26. The average Bonchev–Trinajstić information content (AvgIpc) is 2.51. The highest BCUT2D eigenvalue weighted by Crippen LogP contribution is 2.19. The van der Waals surface area contributed by atoms with Crippen LogP contribution in [0, 0.1) is 0 Å². The minimum atomic E-state index is -3.32. The molecule has 6 heteroatoms. The van der Waals surface area contributed by atoms with Crippen LogP contribution < -0.4 is 10.0 Å². The van der Waals surface area contributed by atoms with Gasteiger partial charge < -0.3 is 5.32 Å². The summed E-state index contributed by atoms with van der Waals surface area (Å²) < 4.78 is 26.0. The van der Waals surface area contributed by atoms with Gasteiger partial charge in [-0.25, -0.2) is 13.1 Å². The lowest BCUT2D eigenvalue weighted by molar-refractivity contribution is 0.570. The highest BCUT2D eigenvalue weighted by atomic mass is 32.2. The Kier molecular flexibility index (Phi) is 4.27. The molecule has 15 heavy (non-hydrogen) atoms. The van der Waals surface area contributed by atoms with Gasteiger partial charge in [0, 0.05) is 22.8 Å². The SMILES string of the molecule is CNCc1cc(S(=O)(=O)NC(C)C)cs1. The summed E-state index contributed by atoms with van der Waals surface area (Å²) >= 11 is 1.45. The van der Waals surface area contributed by atoms with Gasteiger partial charge in [0.05, 0.1) is 4.90 Å². The summed E-state index contributed by atoms with van der Waals surface area (Å²) in [6.07, 6.45) is 0. The Bertz CT molecular complexity index is 410. The lowest BCUT2D eigenvalue weighted by Gasteiger charge is -2.07. The Morgan fingerprint density at radius 2 is 2.13 bits per heavy atom. The van der Waals surface area contributed by atoms with Crippen molar-refractivity contribution in [2.45, 2.75) is 31.3 Å². The molecule has 0 saturated heterocycles. The Balaban J connectivity index is 2.86. The second kappa shape index (κ2) is 5.07. The molecule has 86 valence electrons. The van der Waals surface area contributed by atoms with Crippen molar-refractivity contribution < 1.29 is 8.42 Å². The Morgan fingerprint density at radius 1 is 1.47 bits per heavy atom. The van der Waals surface area contributed by atoms with Crippen LogP contribution in [0.3, 0.4) is 0 Å². The topological polar surface area (TPSA) is 58.2 Å². The molecule has 0 amide bonds. The van der Waals surface area contributed by atoms with Gasteiger partial charge in [-0.2, -0.15) is 0 Å². The van der Waals surface area contributed by atoms with Crippen LogP contribution >= 0.6 is 11.3 Å². The summed E-state index contributed by atoms with van der Waals surface area (Å²) in [6, 6.07) is 1.62. The Hall–Kier alpha value is -0.430. The number of sulfonamides is 1. The number of thiophene rings is 1. The predicted octanol–water partition coefficient (Wildman–Crippen LogP) is 1.15. The second-order valence-electron chi connectivity index (χ2n) is 3.56. The van der Waals surface area contributed by atoms with Crippen LogP contribution in [-0.4, -0.2) is 21.5 Å². The van der Waals surface area contributed by atoms with Crippen LogP contribution in [0.1, 0.15) is 18.7 Å². The van der Waals surface area contributed by atoms with Crippen LogP contribution in [0.2, 0.25) is 0 Å². The maximum atomic E-state index is 11.7. The van der Waals surface area contributed by atoms with Crippen molar-refractivity contribution >= 4 is 21.4 Å². The van der Waals surface area contributed by atoms with Crippen molar-refractivity contribution in [3.63, 3.8) is 0 Å². The summed E-state index contributed by atoms with van der Waals surface area (Å²) in [5.74, 6) is 0. The lowest BCUT2D eigenvalue weighted by atomic mass is 10.4. The molecule has 0 aliphatic heterocycles. The molecule has 0 unspecified atom stereocenters. The molecule has 0 saturated carbocycles. The molecule has 0 aromatic carbocycles. The molecule has 1 heterocycles. The van der Waals surface area contributed by atoms with E-state index in [9.17, 15) is 8.42 Å². The number of hydrogen-bond donors (Lipinski definition) is 2. The first-order valence-electron chi connectivity index (χ1n) is 4.70. The van der Waals surface area contributed by atoms with Crippen LogP contribution in [0.5, 0.6) is 0 Å². The van der Waals surface area contributed by atoms with E-state index in [2.05, 4.69) is 10.0 Å². The van der Waals surface area contributed by atoms with E-state index < -0.39 is 10.0 Å². The molecular formula is C9H16N2O2S2. The third-order valence-electron chi connectivity index (χ3n) is 1.68. The highest BCUT2D eigenvalue weighted by Gasteiger charge is 2.16. The molecular weight excluding hydrogens is 232 g/mol. The zero-order valence-corrected chi connectivity index (χ0v) is 10.7. The van der Waals surface area contributed by atoms with Crippen molar-refractivity contribution in [1.29, 1.82) is 0 Å². The van der Waals surface area contributed by atoms with E-state index in [0.717, 1.165) is 4.88 Å². The standard InChI is InChI=1S/C9H16N2O2S2/c1-7(2)11-15(12,13)9-4-8(5-10-3)14-6-9/h4,6-7,10-11H,5H2,1-3H3. The fourth-order valence-electron chi connectivity index (χ4n) is 1.15. The largest absolute Gasteiger partial charge is 0.315 e. The maximum Gasteiger partial charge on any atom is 0.241 e. The van der Waals surface area contributed by atoms with Crippen molar-refractivity contribution in [2.75, 3.05) is 7.05 Å². The number of nitrogens with one attached hydrogen (secondary N) is 2. The molecule has 0 radical (unpaired) electrons. The molecule has 1 aromatic heterocycles. The van der Waals surface area contributed by atoms with Gasteiger partial charge in [0.15, 0.2) is 0 Å². The van der Waals surface area contributed by atoms with Crippen molar-refractivity contribution in [2.24, 2.45) is 0 Å². The lowest BCUT2D eigenvalue weighted by Crippen LogP contribution is -2.29. The van der Waals surface area contributed by atoms with Gasteiger partial charge in [-0.1, -0.05) is 0 Å². The first-order chi connectivity index (χ1) is 6.95. The van der Waals surface area contributed by atoms with Gasteiger partial charge in [-0.05, 0) is 27.0 Å². The van der Waals surface area contributed by atoms with Crippen LogP contribution in [-0.2, 0) is 16.6 Å². The number of rotatable bonds is 5. The first kappa shape index (κ1) is 12.6. The van der Waals surface area contributed by atoms with E-state index in [-0.39, 0.29) is 6.04 Å². The molecule has 0 atom stereocenters. The summed E-state index contributed by atoms with van der Waals surface area (Å²) in [6.45, 7) is 4.30. The first-order valence-corrected chi connectivity index (χ1v) is 7.06. The third-order valence-corrected chi connectivity index (χ3v) is 4.41. The zero-order chi connectivity index (χ0) is 11.5. The molecule has 0 aliphatic rings.